The highest BCUT2D eigenvalue weighted by atomic mass is 35.7. The predicted octanol–water partition coefficient (Wildman–Crippen LogP) is 2.35. The number of hydrogen-bond donors (Lipinski definition) is 1. The Labute approximate surface area is 99.0 Å². The third-order valence-electron chi connectivity index (χ3n) is 1.90. The van der Waals surface area contributed by atoms with E-state index < -0.39 is 9.05 Å². The van der Waals surface area contributed by atoms with Crippen LogP contribution in [-0.2, 0) is 13.8 Å². The van der Waals surface area contributed by atoms with Gasteiger partial charge < -0.3 is 5.32 Å². The first-order chi connectivity index (χ1) is 7.43. The van der Waals surface area contributed by atoms with Gasteiger partial charge in [0.05, 0.1) is 4.90 Å². The SMILES string of the molecule is CCCC(=O)Nc1ccc(S(=O)(=O)Cl)cc1. The van der Waals surface area contributed by atoms with Crippen molar-refractivity contribution in [1.29, 1.82) is 0 Å². The standard InChI is InChI=1S/C10H12ClNO3S/c1-2-3-10(13)12-8-4-6-9(7-5-8)16(11,14)15/h4-7H,2-3H2,1H3,(H,12,13). The number of amides is 1. The predicted molar refractivity (Wildman–Crippen MR) is 63.0 cm³/mol. The van der Waals surface area contributed by atoms with E-state index in [0.29, 0.717) is 12.1 Å². The van der Waals surface area contributed by atoms with Crippen molar-refractivity contribution >= 4 is 31.3 Å². The Bertz CT molecular complexity index is 467. The Morgan fingerprint density at radius 3 is 2.31 bits per heavy atom. The van der Waals surface area contributed by atoms with E-state index in [1.54, 1.807) is 0 Å². The Morgan fingerprint density at radius 1 is 1.31 bits per heavy atom. The second-order valence-corrected chi connectivity index (χ2v) is 5.83. The van der Waals surface area contributed by atoms with Gasteiger partial charge in [-0.1, -0.05) is 6.92 Å². The van der Waals surface area contributed by atoms with E-state index >= 15 is 0 Å². The Balaban J connectivity index is 2.76. The Kier molecular flexibility index (Phi) is 4.32. The first-order valence-corrected chi connectivity index (χ1v) is 7.09. The lowest BCUT2D eigenvalue weighted by atomic mass is 10.3. The number of rotatable bonds is 4. The van der Waals surface area contributed by atoms with Crippen LogP contribution in [0.4, 0.5) is 5.69 Å². The minimum Gasteiger partial charge on any atom is -0.326 e. The molecule has 4 nitrogen and oxygen atoms in total. The molecular formula is C10H12ClNO3S. The lowest BCUT2D eigenvalue weighted by Gasteiger charge is -2.04. The molecule has 1 aromatic rings. The third kappa shape index (κ3) is 3.83. The molecule has 0 saturated heterocycles. The van der Waals surface area contributed by atoms with Crippen LogP contribution in [0.15, 0.2) is 29.2 Å². The molecule has 16 heavy (non-hydrogen) atoms. The van der Waals surface area contributed by atoms with Crippen LogP contribution in [0.2, 0.25) is 0 Å². The van der Waals surface area contributed by atoms with Gasteiger partial charge in [-0.25, -0.2) is 8.42 Å². The largest absolute Gasteiger partial charge is 0.326 e. The zero-order chi connectivity index (χ0) is 12.2. The van der Waals surface area contributed by atoms with Crippen LogP contribution >= 0.6 is 10.7 Å². The molecule has 1 amide bonds. The van der Waals surface area contributed by atoms with Gasteiger partial charge in [0.2, 0.25) is 5.91 Å². The number of benzene rings is 1. The molecule has 0 atom stereocenters. The number of carbonyl (C=O) groups is 1. The van der Waals surface area contributed by atoms with Gasteiger partial charge in [0.15, 0.2) is 0 Å². The molecule has 1 aromatic carbocycles. The number of carbonyl (C=O) groups excluding carboxylic acids is 1. The van der Waals surface area contributed by atoms with Gasteiger partial charge in [0.1, 0.15) is 0 Å². The zero-order valence-corrected chi connectivity index (χ0v) is 10.3. The molecule has 0 aliphatic carbocycles. The van der Waals surface area contributed by atoms with Crippen molar-refractivity contribution in [2.75, 3.05) is 5.32 Å². The van der Waals surface area contributed by atoms with Crippen LogP contribution < -0.4 is 5.32 Å². The molecule has 0 aromatic heterocycles. The van der Waals surface area contributed by atoms with Crippen LogP contribution in [0, 0.1) is 0 Å². The molecule has 0 aliphatic heterocycles. The van der Waals surface area contributed by atoms with E-state index in [0.717, 1.165) is 6.42 Å². The highest BCUT2D eigenvalue weighted by Gasteiger charge is 2.09. The van der Waals surface area contributed by atoms with Crippen molar-refractivity contribution in [2.45, 2.75) is 24.7 Å². The highest BCUT2D eigenvalue weighted by molar-refractivity contribution is 8.13. The van der Waals surface area contributed by atoms with Crippen molar-refractivity contribution in [3.05, 3.63) is 24.3 Å². The van der Waals surface area contributed by atoms with Gasteiger partial charge in [-0.05, 0) is 30.7 Å². The molecule has 0 unspecified atom stereocenters. The molecule has 0 heterocycles. The van der Waals surface area contributed by atoms with Crippen molar-refractivity contribution < 1.29 is 13.2 Å². The van der Waals surface area contributed by atoms with Crippen molar-refractivity contribution in [2.24, 2.45) is 0 Å². The van der Waals surface area contributed by atoms with Crippen molar-refractivity contribution in [1.82, 2.24) is 0 Å². The maximum absolute atomic E-state index is 11.2. The first-order valence-electron chi connectivity index (χ1n) is 4.78. The Morgan fingerprint density at radius 2 is 1.88 bits per heavy atom. The average molecular weight is 262 g/mol. The maximum atomic E-state index is 11.2. The maximum Gasteiger partial charge on any atom is 0.261 e. The number of anilines is 1. The van der Waals surface area contributed by atoms with E-state index in [9.17, 15) is 13.2 Å². The summed E-state index contributed by atoms with van der Waals surface area (Å²) in [5.41, 5.74) is 0.558. The van der Waals surface area contributed by atoms with Crippen LogP contribution in [-0.4, -0.2) is 14.3 Å². The minimum atomic E-state index is -3.70. The van der Waals surface area contributed by atoms with Gasteiger partial charge >= 0.3 is 0 Å². The van der Waals surface area contributed by atoms with Crippen molar-refractivity contribution in [3.63, 3.8) is 0 Å². The normalized spacial score (nSPS) is 11.1. The molecule has 0 aliphatic rings. The summed E-state index contributed by atoms with van der Waals surface area (Å²) in [6, 6.07) is 5.71. The summed E-state index contributed by atoms with van der Waals surface area (Å²) in [5.74, 6) is -0.0935. The summed E-state index contributed by atoms with van der Waals surface area (Å²) in [6.07, 6.45) is 1.20. The van der Waals surface area contributed by atoms with E-state index in [1.165, 1.54) is 24.3 Å². The lowest BCUT2D eigenvalue weighted by Crippen LogP contribution is -2.10. The van der Waals surface area contributed by atoms with Crippen LogP contribution in [0.25, 0.3) is 0 Å². The van der Waals surface area contributed by atoms with E-state index in [4.69, 9.17) is 10.7 Å². The summed E-state index contributed by atoms with van der Waals surface area (Å²) in [5, 5.41) is 2.64. The summed E-state index contributed by atoms with van der Waals surface area (Å²) >= 11 is 0. The smallest absolute Gasteiger partial charge is 0.261 e. The van der Waals surface area contributed by atoms with E-state index in [2.05, 4.69) is 5.32 Å². The average Bonchev–Trinajstić information content (AvgIpc) is 2.17. The fourth-order valence-corrected chi connectivity index (χ4v) is 1.92. The highest BCUT2D eigenvalue weighted by Crippen LogP contribution is 2.17. The molecule has 1 rings (SSSR count). The number of nitrogens with one attached hydrogen (secondary N) is 1. The number of halogens is 1. The van der Waals surface area contributed by atoms with Crippen LogP contribution in [0.5, 0.6) is 0 Å². The fraction of sp³-hybridized carbons (Fsp3) is 0.300. The Hall–Kier alpha value is -1.07. The summed E-state index contributed by atoms with van der Waals surface area (Å²) in [7, 11) is 1.45. The minimum absolute atomic E-state index is 0.0163. The van der Waals surface area contributed by atoms with Crippen LogP contribution in [0.1, 0.15) is 19.8 Å². The van der Waals surface area contributed by atoms with Gasteiger partial charge in [-0.15, -0.1) is 0 Å². The molecule has 0 radical (unpaired) electrons. The summed E-state index contributed by atoms with van der Waals surface area (Å²) < 4.78 is 21.9. The van der Waals surface area contributed by atoms with Crippen LogP contribution in [0.3, 0.4) is 0 Å². The van der Waals surface area contributed by atoms with Gasteiger partial charge in [-0.3, -0.25) is 4.79 Å². The van der Waals surface area contributed by atoms with E-state index in [-0.39, 0.29) is 10.8 Å². The second kappa shape index (κ2) is 5.32. The third-order valence-corrected chi connectivity index (χ3v) is 3.27. The zero-order valence-electron chi connectivity index (χ0n) is 8.73. The van der Waals surface area contributed by atoms with Gasteiger partial charge in [0.25, 0.3) is 9.05 Å². The lowest BCUT2D eigenvalue weighted by molar-refractivity contribution is -0.116. The quantitative estimate of drug-likeness (QED) is 0.847. The van der Waals surface area contributed by atoms with Gasteiger partial charge in [0, 0.05) is 22.8 Å². The molecule has 6 heteroatoms. The number of hydrogen-bond acceptors (Lipinski definition) is 3. The molecular weight excluding hydrogens is 250 g/mol. The molecule has 0 fully saturated rings. The molecule has 0 bridgehead atoms. The van der Waals surface area contributed by atoms with Gasteiger partial charge in [-0.2, -0.15) is 0 Å². The summed E-state index contributed by atoms with van der Waals surface area (Å²) in [4.78, 5) is 11.3. The monoisotopic (exact) mass is 261 g/mol. The first kappa shape index (κ1) is 13.0. The molecule has 0 saturated carbocycles. The van der Waals surface area contributed by atoms with E-state index in [1.807, 2.05) is 6.92 Å². The topological polar surface area (TPSA) is 63.2 Å². The second-order valence-electron chi connectivity index (χ2n) is 3.26. The molecule has 1 N–H and O–H groups in total. The molecule has 88 valence electrons. The fourth-order valence-electron chi connectivity index (χ4n) is 1.15. The molecule has 0 spiro atoms. The van der Waals surface area contributed by atoms with Crippen molar-refractivity contribution in [3.8, 4) is 0 Å². The summed E-state index contributed by atoms with van der Waals surface area (Å²) in [6.45, 7) is 1.91.